The molecule has 170 valence electrons. The van der Waals surface area contributed by atoms with Crippen LogP contribution in [0, 0.1) is 28.1 Å². The Kier molecular flexibility index (Phi) is 5.56. The minimum absolute atomic E-state index is 0.00581. The summed E-state index contributed by atoms with van der Waals surface area (Å²) in [5.41, 5.74) is -2.48. The Morgan fingerprint density at radius 2 is 1.81 bits per heavy atom. The SMILES string of the molecule is CC[C@H](C)C(=O)[C@]12C(=O)C3=C(OC(C)(C)C=C3)[C@](C)(C[C@@H](CC=C(C)C)C1(C)C)C2=O. The van der Waals surface area contributed by atoms with Crippen molar-refractivity contribution in [2.75, 3.05) is 0 Å². The fourth-order valence-corrected chi connectivity index (χ4v) is 5.80. The number of carbonyl (C=O) groups is 3. The van der Waals surface area contributed by atoms with Gasteiger partial charge in [0, 0.05) is 5.92 Å². The molecule has 31 heavy (non-hydrogen) atoms. The van der Waals surface area contributed by atoms with Crippen molar-refractivity contribution in [1.82, 2.24) is 0 Å². The van der Waals surface area contributed by atoms with E-state index in [4.69, 9.17) is 4.74 Å². The van der Waals surface area contributed by atoms with E-state index in [9.17, 15) is 14.4 Å². The van der Waals surface area contributed by atoms with E-state index in [2.05, 4.69) is 6.08 Å². The summed E-state index contributed by atoms with van der Waals surface area (Å²) >= 11 is 0. The molecule has 0 saturated heterocycles. The van der Waals surface area contributed by atoms with Gasteiger partial charge in [-0.3, -0.25) is 14.4 Å². The van der Waals surface area contributed by atoms with Crippen molar-refractivity contribution < 1.29 is 19.1 Å². The predicted molar refractivity (Wildman–Crippen MR) is 122 cm³/mol. The first kappa shape index (κ1) is 23.7. The number of ether oxygens (including phenoxy) is 1. The number of allylic oxidation sites excluding steroid dienone is 5. The van der Waals surface area contributed by atoms with Gasteiger partial charge in [-0.05, 0) is 77.4 Å². The van der Waals surface area contributed by atoms with Crippen LogP contribution in [0.4, 0.5) is 0 Å². The summed E-state index contributed by atoms with van der Waals surface area (Å²) in [5, 5.41) is 0. The number of hydrogen-bond donors (Lipinski definition) is 0. The van der Waals surface area contributed by atoms with Crippen LogP contribution < -0.4 is 0 Å². The molecule has 4 nitrogen and oxygen atoms in total. The average molecular weight is 427 g/mol. The number of hydrogen-bond acceptors (Lipinski definition) is 4. The Balaban J connectivity index is 2.35. The number of ketones is 3. The molecule has 0 aromatic carbocycles. The maximum Gasteiger partial charge on any atom is 0.187 e. The highest BCUT2D eigenvalue weighted by molar-refractivity contribution is 6.34. The second kappa shape index (κ2) is 7.28. The second-order valence-electron chi connectivity index (χ2n) is 11.3. The predicted octanol–water partition coefficient (Wildman–Crippen LogP) is 5.77. The highest BCUT2D eigenvalue weighted by atomic mass is 16.5. The van der Waals surface area contributed by atoms with Crippen molar-refractivity contribution in [3.8, 4) is 0 Å². The van der Waals surface area contributed by atoms with Crippen LogP contribution in [-0.4, -0.2) is 23.0 Å². The van der Waals surface area contributed by atoms with Gasteiger partial charge in [0.1, 0.15) is 11.4 Å². The van der Waals surface area contributed by atoms with Crippen molar-refractivity contribution >= 4 is 17.3 Å². The fourth-order valence-electron chi connectivity index (χ4n) is 5.80. The Hall–Kier alpha value is -1.97. The van der Waals surface area contributed by atoms with Gasteiger partial charge in [-0.1, -0.05) is 39.3 Å². The van der Waals surface area contributed by atoms with Crippen molar-refractivity contribution in [3.63, 3.8) is 0 Å². The van der Waals surface area contributed by atoms with Crippen LogP contribution in [0.5, 0.6) is 0 Å². The molecule has 1 heterocycles. The third-order valence-electron chi connectivity index (χ3n) is 8.07. The summed E-state index contributed by atoms with van der Waals surface area (Å²) in [6.07, 6.45) is 7.69. The molecule has 0 spiro atoms. The van der Waals surface area contributed by atoms with Crippen molar-refractivity contribution in [3.05, 3.63) is 35.1 Å². The van der Waals surface area contributed by atoms with Crippen LogP contribution in [0.2, 0.25) is 0 Å². The number of rotatable bonds is 5. The summed E-state index contributed by atoms with van der Waals surface area (Å²) in [6, 6.07) is 0. The minimum atomic E-state index is -1.68. The summed E-state index contributed by atoms with van der Waals surface area (Å²) in [4.78, 5) is 42.4. The van der Waals surface area contributed by atoms with E-state index in [0.717, 1.165) is 6.42 Å². The lowest BCUT2D eigenvalue weighted by Crippen LogP contribution is -2.70. The monoisotopic (exact) mass is 426 g/mol. The Morgan fingerprint density at radius 3 is 2.35 bits per heavy atom. The van der Waals surface area contributed by atoms with Crippen molar-refractivity contribution in [2.24, 2.45) is 28.1 Å². The van der Waals surface area contributed by atoms with E-state index in [1.54, 1.807) is 6.08 Å². The molecule has 4 heteroatoms. The van der Waals surface area contributed by atoms with E-state index in [-0.39, 0.29) is 29.2 Å². The van der Waals surface area contributed by atoms with Gasteiger partial charge in [0.25, 0.3) is 0 Å². The van der Waals surface area contributed by atoms with Crippen molar-refractivity contribution in [1.29, 1.82) is 0 Å². The zero-order chi connectivity index (χ0) is 23.6. The first-order valence-electron chi connectivity index (χ1n) is 11.6. The molecular formula is C27H38O4. The molecule has 1 fully saturated rings. The quantitative estimate of drug-likeness (QED) is 0.414. The van der Waals surface area contributed by atoms with Crippen LogP contribution in [0.15, 0.2) is 35.1 Å². The minimum Gasteiger partial charge on any atom is -0.486 e. The molecule has 3 rings (SSSR count). The van der Waals surface area contributed by atoms with Gasteiger partial charge in [0.15, 0.2) is 22.8 Å². The molecule has 3 aliphatic rings. The molecule has 0 amide bonds. The van der Waals surface area contributed by atoms with Gasteiger partial charge in [-0.2, -0.15) is 0 Å². The highest BCUT2D eigenvalue weighted by Gasteiger charge is 2.74. The maximum atomic E-state index is 14.3. The fraction of sp³-hybridized carbons (Fsp3) is 0.667. The molecule has 1 saturated carbocycles. The molecule has 0 radical (unpaired) electrons. The largest absolute Gasteiger partial charge is 0.486 e. The lowest BCUT2D eigenvalue weighted by atomic mass is 9.40. The molecule has 0 aromatic rings. The molecule has 1 aliphatic heterocycles. The van der Waals surface area contributed by atoms with Crippen LogP contribution in [0.3, 0.4) is 0 Å². The van der Waals surface area contributed by atoms with Crippen LogP contribution in [-0.2, 0) is 19.1 Å². The van der Waals surface area contributed by atoms with Gasteiger partial charge in [0.05, 0.1) is 11.0 Å². The molecule has 0 N–H and O–H groups in total. The van der Waals surface area contributed by atoms with Crippen LogP contribution in [0.25, 0.3) is 0 Å². The molecule has 2 bridgehead atoms. The van der Waals surface area contributed by atoms with Crippen LogP contribution >= 0.6 is 0 Å². The zero-order valence-corrected chi connectivity index (χ0v) is 20.6. The van der Waals surface area contributed by atoms with Gasteiger partial charge in [-0.25, -0.2) is 0 Å². The lowest BCUT2D eigenvalue weighted by Gasteiger charge is -2.60. The summed E-state index contributed by atoms with van der Waals surface area (Å²) in [6.45, 7) is 17.5. The third-order valence-corrected chi connectivity index (χ3v) is 8.07. The molecule has 4 atom stereocenters. The normalized spacial score (nSPS) is 34.0. The zero-order valence-electron chi connectivity index (χ0n) is 20.6. The van der Waals surface area contributed by atoms with E-state index < -0.39 is 21.8 Å². The van der Waals surface area contributed by atoms with Gasteiger partial charge in [0.2, 0.25) is 0 Å². The summed E-state index contributed by atoms with van der Waals surface area (Å²) in [5.74, 6) is -0.778. The van der Waals surface area contributed by atoms with Crippen LogP contribution in [0.1, 0.15) is 81.6 Å². The molecule has 2 aliphatic carbocycles. The Bertz CT molecular complexity index is 925. The lowest BCUT2D eigenvalue weighted by molar-refractivity contribution is -0.178. The van der Waals surface area contributed by atoms with Gasteiger partial charge in [-0.15, -0.1) is 0 Å². The van der Waals surface area contributed by atoms with Gasteiger partial charge < -0.3 is 4.74 Å². The summed E-state index contributed by atoms with van der Waals surface area (Å²) < 4.78 is 6.29. The number of carbonyl (C=O) groups excluding carboxylic acids is 3. The second-order valence-corrected chi connectivity index (χ2v) is 11.3. The maximum absolute atomic E-state index is 14.3. The van der Waals surface area contributed by atoms with Crippen molar-refractivity contribution in [2.45, 2.75) is 87.2 Å². The Labute approximate surface area is 187 Å². The smallest absolute Gasteiger partial charge is 0.187 e. The molecular weight excluding hydrogens is 388 g/mol. The Morgan fingerprint density at radius 1 is 1.19 bits per heavy atom. The van der Waals surface area contributed by atoms with E-state index in [0.29, 0.717) is 24.2 Å². The number of Topliss-reactive ketones (excluding diaryl/α,β-unsaturated/α-hetero) is 3. The number of fused-ring (bicyclic) bond motifs is 3. The average Bonchev–Trinajstić information content (AvgIpc) is 2.67. The topological polar surface area (TPSA) is 60.4 Å². The van der Waals surface area contributed by atoms with E-state index >= 15 is 0 Å². The third kappa shape index (κ3) is 3.12. The van der Waals surface area contributed by atoms with E-state index in [1.807, 2.05) is 68.4 Å². The molecule has 0 unspecified atom stereocenters. The standard InChI is InChI=1S/C27H38O4/c1-10-17(4)20(28)27-21(29)19-13-14-24(5,6)31-22(19)26(9,23(27)30)15-18(25(27,7)8)12-11-16(2)3/h11,13-14,17-18H,10,12,15H2,1-9H3/t17-,18+,26-,27+/m0/s1. The highest BCUT2D eigenvalue weighted by Crippen LogP contribution is 2.65. The first-order chi connectivity index (χ1) is 14.2. The first-order valence-corrected chi connectivity index (χ1v) is 11.6. The van der Waals surface area contributed by atoms with E-state index in [1.165, 1.54) is 5.57 Å². The van der Waals surface area contributed by atoms with Gasteiger partial charge >= 0.3 is 0 Å². The summed E-state index contributed by atoms with van der Waals surface area (Å²) in [7, 11) is 0. The molecule has 0 aromatic heterocycles.